The quantitative estimate of drug-likeness (QED) is 0.871. The maximum Gasteiger partial charge on any atom is 0.241 e. The second-order valence-electron chi connectivity index (χ2n) is 7.42. The van der Waals surface area contributed by atoms with E-state index in [2.05, 4.69) is 47.2 Å². The third-order valence-electron chi connectivity index (χ3n) is 5.21. The highest BCUT2D eigenvalue weighted by Crippen LogP contribution is 2.22. The van der Waals surface area contributed by atoms with Crippen molar-refractivity contribution < 1.29 is 4.79 Å². The molecule has 138 valence electrons. The van der Waals surface area contributed by atoms with E-state index < -0.39 is 0 Å². The van der Waals surface area contributed by atoms with Gasteiger partial charge in [0.2, 0.25) is 5.91 Å². The summed E-state index contributed by atoms with van der Waals surface area (Å²) >= 11 is 2.04. The predicted octanol–water partition coefficient (Wildman–Crippen LogP) is 3.44. The highest BCUT2D eigenvalue weighted by atomic mass is 32.2. The summed E-state index contributed by atoms with van der Waals surface area (Å²) in [6.45, 7) is 8.69. The van der Waals surface area contributed by atoms with Crippen LogP contribution in [0.15, 0.2) is 24.3 Å². The van der Waals surface area contributed by atoms with E-state index in [1.807, 2.05) is 17.8 Å². The molecule has 1 N–H and O–H groups in total. The van der Waals surface area contributed by atoms with Crippen LogP contribution in [-0.2, 0) is 11.3 Å². The number of amides is 1. The molecule has 2 saturated heterocycles. The zero-order valence-electron chi connectivity index (χ0n) is 15.5. The molecule has 0 aromatic heterocycles. The summed E-state index contributed by atoms with van der Waals surface area (Å²) in [5.74, 6) is 2.60. The van der Waals surface area contributed by atoms with Crippen molar-refractivity contribution in [3.63, 3.8) is 0 Å². The number of nitrogens with zero attached hydrogens (tertiary/aromatic N) is 2. The summed E-state index contributed by atoms with van der Waals surface area (Å²) in [5.41, 5.74) is 2.22. The van der Waals surface area contributed by atoms with Crippen LogP contribution in [0.5, 0.6) is 0 Å². The van der Waals surface area contributed by atoms with Crippen LogP contribution in [0.25, 0.3) is 0 Å². The second-order valence-corrected chi connectivity index (χ2v) is 8.65. The van der Waals surface area contributed by atoms with Crippen LogP contribution < -0.4 is 5.32 Å². The maximum absolute atomic E-state index is 12.8. The minimum absolute atomic E-state index is 0.0107. The van der Waals surface area contributed by atoms with Gasteiger partial charge in [-0.3, -0.25) is 14.6 Å². The fourth-order valence-electron chi connectivity index (χ4n) is 3.84. The molecule has 5 heteroatoms. The summed E-state index contributed by atoms with van der Waals surface area (Å²) < 4.78 is 0. The molecule has 0 aliphatic carbocycles. The number of piperidine rings is 1. The first kappa shape index (κ1) is 18.7. The van der Waals surface area contributed by atoms with Crippen LogP contribution in [0.4, 0.5) is 5.69 Å². The van der Waals surface area contributed by atoms with Gasteiger partial charge < -0.3 is 5.32 Å². The minimum atomic E-state index is 0.0107. The van der Waals surface area contributed by atoms with Gasteiger partial charge in [-0.1, -0.05) is 18.6 Å². The molecule has 4 nitrogen and oxygen atoms in total. The van der Waals surface area contributed by atoms with Gasteiger partial charge in [-0.15, -0.1) is 0 Å². The predicted molar refractivity (Wildman–Crippen MR) is 107 cm³/mol. The summed E-state index contributed by atoms with van der Waals surface area (Å²) in [4.78, 5) is 17.7. The average molecular weight is 362 g/mol. The Hall–Kier alpha value is -1.04. The molecule has 3 rings (SSSR count). The van der Waals surface area contributed by atoms with E-state index in [1.54, 1.807) is 0 Å². The Kier molecular flexibility index (Phi) is 6.79. The largest absolute Gasteiger partial charge is 0.325 e. The van der Waals surface area contributed by atoms with Gasteiger partial charge in [0.15, 0.2) is 0 Å². The topological polar surface area (TPSA) is 35.6 Å². The first-order valence-corrected chi connectivity index (χ1v) is 10.7. The fraction of sp³-hybridized carbons (Fsp3) is 0.650. The van der Waals surface area contributed by atoms with Gasteiger partial charge in [-0.25, -0.2) is 0 Å². The zero-order valence-corrected chi connectivity index (χ0v) is 16.4. The molecule has 2 fully saturated rings. The molecule has 0 bridgehead atoms. The Balaban J connectivity index is 1.61. The van der Waals surface area contributed by atoms with E-state index in [0.717, 1.165) is 44.7 Å². The normalized spacial score (nSPS) is 22.9. The van der Waals surface area contributed by atoms with E-state index in [9.17, 15) is 4.79 Å². The number of thioether (sulfide) groups is 1. The van der Waals surface area contributed by atoms with Crippen molar-refractivity contribution >= 4 is 23.4 Å². The van der Waals surface area contributed by atoms with Gasteiger partial charge in [-0.05, 0) is 50.9 Å². The molecule has 25 heavy (non-hydrogen) atoms. The number of anilines is 1. The van der Waals surface area contributed by atoms with Gasteiger partial charge in [0.25, 0.3) is 0 Å². The van der Waals surface area contributed by atoms with E-state index in [1.165, 1.54) is 23.5 Å². The Bertz CT molecular complexity index is 572. The lowest BCUT2D eigenvalue weighted by molar-refractivity contribution is -0.123. The van der Waals surface area contributed by atoms with Crippen LogP contribution in [0.3, 0.4) is 0 Å². The fourth-order valence-corrected chi connectivity index (χ4v) is 4.82. The first-order valence-electron chi connectivity index (χ1n) is 9.59. The Morgan fingerprint density at radius 1 is 1.24 bits per heavy atom. The van der Waals surface area contributed by atoms with Crippen molar-refractivity contribution in [3.8, 4) is 0 Å². The van der Waals surface area contributed by atoms with E-state index in [4.69, 9.17) is 0 Å². The Labute approximate surface area is 156 Å². The van der Waals surface area contributed by atoms with Gasteiger partial charge in [0.1, 0.15) is 0 Å². The first-order chi connectivity index (χ1) is 12.1. The van der Waals surface area contributed by atoms with Crippen molar-refractivity contribution in [2.24, 2.45) is 0 Å². The van der Waals surface area contributed by atoms with Gasteiger partial charge in [-0.2, -0.15) is 11.8 Å². The number of likely N-dealkylation sites (tertiary alicyclic amines) is 1. The van der Waals surface area contributed by atoms with Crippen molar-refractivity contribution in [2.75, 3.05) is 36.5 Å². The maximum atomic E-state index is 12.8. The second kappa shape index (κ2) is 9.06. The third kappa shape index (κ3) is 5.22. The number of rotatable bonds is 5. The molecular formula is C20H31N3OS. The number of hydrogen-bond acceptors (Lipinski definition) is 4. The molecule has 2 aliphatic rings. The molecule has 1 unspecified atom stereocenters. The average Bonchev–Trinajstić information content (AvgIpc) is 2.63. The summed E-state index contributed by atoms with van der Waals surface area (Å²) in [5, 5.41) is 3.17. The van der Waals surface area contributed by atoms with Gasteiger partial charge in [0.05, 0.1) is 6.04 Å². The number of hydrogen-bond donors (Lipinski definition) is 1. The smallest absolute Gasteiger partial charge is 0.241 e. The molecule has 2 aliphatic heterocycles. The summed E-state index contributed by atoms with van der Waals surface area (Å²) in [6, 6.07) is 8.80. The van der Waals surface area contributed by atoms with Gasteiger partial charge in [0, 0.05) is 42.9 Å². The van der Waals surface area contributed by atoms with Crippen LogP contribution in [0, 0.1) is 0 Å². The number of carbonyl (C=O) groups excluding carboxylic acids is 1. The van der Waals surface area contributed by atoms with Gasteiger partial charge >= 0.3 is 0 Å². The zero-order chi connectivity index (χ0) is 17.6. The minimum Gasteiger partial charge on any atom is -0.325 e. The van der Waals surface area contributed by atoms with Crippen LogP contribution >= 0.6 is 11.8 Å². The van der Waals surface area contributed by atoms with Crippen LogP contribution in [-0.4, -0.2) is 58.9 Å². The van der Waals surface area contributed by atoms with E-state index >= 15 is 0 Å². The Morgan fingerprint density at radius 3 is 2.80 bits per heavy atom. The highest BCUT2D eigenvalue weighted by molar-refractivity contribution is 7.99. The lowest BCUT2D eigenvalue weighted by Crippen LogP contribution is -2.50. The Morgan fingerprint density at radius 2 is 2.04 bits per heavy atom. The van der Waals surface area contributed by atoms with Crippen LogP contribution in [0.1, 0.15) is 38.7 Å². The van der Waals surface area contributed by atoms with E-state index in [0.29, 0.717) is 6.04 Å². The molecule has 1 amide bonds. The molecule has 1 aromatic carbocycles. The molecular weight excluding hydrogens is 330 g/mol. The molecule has 1 atom stereocenters. The summed E-state index contributed by atoms with van der Waals surface area (Å²) in [7, 11) is 0. The number of benzene rings is 1. The lowest BCUT2D eigenvalue weighted by atomic mass is 9.99. The van der Waals surface area contributed by atoms with Crippen molar-refractivity contribution in [1.29, 1.82) is 0 Å². The number of nitrogens with one attached hydrogen (secondary N) is 1. The standard InChI is InChI=1S/C20H31N3OS/c1-16(2)23-9-4-3-8-19(23)20(24)21-18-7-5-6-17(14-18)15-22-10-12-25-13-11-22/h5-7,14,16,19H,3-4,8-13,15H2,1-2H3,(H,21,24). The molecule has 1 aromatic rings. The molecule has 2 heterocycles. The lowest BCUT2D eigenvalue weighted by Gasteiger charge is -2.37. The summed E-state index contributed by atoms with van der Waals surface area (Å²) in [6.07, 6.45) is 3.31. The third-order valence-corrected chi connectivity index (χ3v) is 6.16. The molecule has 0 saturated carbocycles. The highest BCUT2D eigenvalue weighted by Gasteiger charge is 2.30. The van der Waals surface area contributed by atoms with Crippen LogP contribution in [0.2, 0.25) is 0 Å². The van der Waals surface area contributed by atoms with Crippen molar-refractivity contribution in [3.05, 3.63) is 29.8 Å². The van der Waals surface area contributed by atoms with Crippen molar-refractivity contribution in [2.45, 2.75) is 51.7 Å². The SMILES string of the molecule is CC(C)N1CCCCC1C(=O)Nc1cccc(CN2CCSCC2)c1. The van der Waals surface area contributed by atoms with Crippen molar-refractivity contribution in [1.82, 2.24) is 9.80 Å². The molecule has 0 spiro atoms. The van der Waals surface area contributed by atoms with E-state index in [-0.39, 0.29) is 11.9 Å². The number of carbonyl (C=O) groups is 1. The monoisotopic (exact) mass is 361 g/mol. The molecule has 0 radical (unpaired) electrons.